The van der Waals surface area contributed by atoms with Crippen LogP contribution in [-0.2, 0) is 5.41 Å². The van der Waals surface area contributed by atoms with Gasteiger partial charge in [0, 0.05) is 39.5 Å². The second kappa shape index (κ2) is 13.5. The molecule has 0 aromatic heterocycles. The maximum atomic E-state index is 2.41. The lowest BCUT2D eigenvalue weighted by atomic mass is 9.81. The minimum atomic E-state index is -0.156. The van der Waals surface area contributed by atoms with E-state index < -0.39 is 0 Å². The number of hydrogen-bond donors (Lipinski definition) is 0. The minimum Gasteiger partial charge on any atom is -0.311 e. The van der Waals surface area contributed by atoms with Crippen molar-refractivity contribution in [3.05, 3.63) is 216 Å². The van der Waals surface area contributed by atoms with Gasteiger partial charge in [-0.15, -0.1) is 0 Å². The molecule has 0 spiro atoms. The monoisotopic (exact) mass is 680 g/mol. The number of fused-ring (bicyclic) bond motifs is 4. The molecule has 0 fully saturated rings. The molecule has 0 radical (unpaired) electrons. The highest BCUT2D eigenvalue weighted by atomic mass is 15.1. The lowest BCUT2D eigenvalue weighted by Gasteiger charge is -2.28. The summed E-state index contributed by atoms with van der Waals surface area (Å²) in [6.07, 6.45) is 4.46. The SMILES string of the molecule is CC1(C)c2cc(/C=C/c3ccc(N(c4ccccc4)c4ccccc4)cc3)ccc2-c2ccc(N(c3ccccc3)c3ccc4ccccc4c3)cc21. The number of anilines is 6. The zero-order valence-corrected chi connectivity index (χ0v) is 30.0. The van der Waals surface area contributed by atoms with Gasteiger partial charge in [-0.25, -0.2) is 0 Å². The number of hydrogen-bond acceptors (Lipinski definition) is 2. The molecule has 0 saturated heterocycles. The Labute approximate surface area is 312 Å². The van der Waals surface area contributed by atoms with Gasteiger partial charge in [0.05, 0.1) is 0 Å². The largest absolute Gasteiger partial charge is 0.311 e. The molecular weight excluding hydrogens is 641 g/mol. The molecule has 2 heteroatoms. The van der Waals surface area contributed by atoms with Gasteiger partial charge in [0.25, 0.3) is 0 Å². The summed E-state index contributed by atoms with van der Waals surface area (Å²) in [5, 5.41) is 2.48. The lowest BCUT2D eigenvalue weighted by Crippen LogP contribution is -2.16. The zero-order valence-electron chi connectivity index (χ0n) is 30.0. The van der Waals surface area contributed by atoms with Crippen LogP contribution in [0.1, 0.15) is 36.1 Å². The summed E-state index contributed by atoms with van der Waals surface area (Å²) in [6.45, 7) is 4.73. The van der Waals surface area contributed by atoms with Crippen LogP contribution in [0.5, 0.6) is 0 Å². The van der Waals surface area contributed by atoms with E-state index >= 15 is 0 Å². The quantitative estimate of drug-likeness (QED) is 0.147. The Bertz CT molecular complexity index is 2530. The van der Waals surface area contributed by atoms with Gasteiger partial charge in [0.2, 0.25) is 0 Å². The molecule has 53 heavy (non-hydrogen) atoms. The third kappa shape index (κ3) is 6.09. The van der Waals surface area contributed by atoms with Crippen LogP contribution >= 0.6 is 0 Å². The topological polar surface area (TPSA) is 6.48 Å². The standard InChI is InChI=1S/C51H40N2/c1-51(2)49-34-38(23-22-37-24-28-44(29-25-37)52(41-16-6-3-7-17-41)42-18-8-4-9-19-42)26-32-47(49)48-33-31-46(36-50(48)51)53(43-20-10-5-11-21-43)45-30-27-39-14-12-13-15-40(39)35-45/h3-36H,1-2H3/b23-22+. The zero-order chi connectivity index (χ0) is 35.8. The molecule has 1 aliphatic rings. The molecule has 0 unspecified atom stereocenters. The van der Waals surface area contributed by atoms with Crippen molar-refractivity contribution < 1.29 is 0 Å². The fraction of sp³-hybridized carbons (Fsp3) is 0.0588. The molecule has 2 nitrogen and oxygen atoms in total. The van der Waals surface area contributed by atoms with Gasteiger partial charge in [-0.1, -0.05) is 147 Å². The van der Waals surface area contributed by atoms with E-state index in [1.807, 2.05) is 0 Å². The van der Waals surface area contributed by atoms with Crippen LogP contribution in [0.15, 0.2) is 194 Å². The fourth-order valence-electron chi connectivity index (χ4n) is 7.85. The molecule has 8 aromatic rings. The second-order valence-electron chi connectivity index (χ2n) is 14.3. The highest BCUT2D eigenvalue weighted by Crippen LogP contribution is 2.51. The Hall–Kier alpha value is -6.64. The number of rotatable bonds is 8. The van der Waals surface area contributed by atoms with Crippen LogP contribution in [0, 0.1) is 0 Å². The van der Waals surface area contributed by atoms with Crippen LogP contribution in [0.25, 0.3) is 34.1 Å². The Balaban J connectivity index is 1.01. The highest BCUT2D eigenvalue weighted by molar-refractivity contribution is 5.91. The van der Waals surface area contributed by atoms with Crippen molar-refractivity contribution in [1.82, 2.24) is 0 Å². The van der Waals surface area contributed by atoms with E-state index in [0.717, 1.165) is 39.7 Å². The minimum absolute atomic E-state index is 0.156. The summed E-state index contributed by atoms with van der Waals surface area (Å²) in [6, 6.07) is 69.8. The van der Waals surface area contributed by atoms with Gasteiger partial charge in [0.15, 0.2) is 0 Å². The van der Waals surface area contributed by atoms with Crippen LogP contribution in [-0.4, -0.2) is 0 Å². The van der Waals surface area contributed by atoms with Crippen molar-refractivity contribution >= 4 is 57.0 Å². The molecule has 9 rings (SSSR count). The maximum Gasteiger partial charge on any atom is 0.0468 e. The van der Waals surface area contributed by atoms with E-state index in [4.69, 9.17) is 0 Å². The van der Waals surface area contributed by atoms with E-state index in [0.29, 0.717) is 0 Å². The van der Waals surface area contributed by atoms with Crippen molar-refractivity contribution in [2.75, 3.05) is 9.80 Å². The van der Waals surface area contributed by atoms with E-state index in [-0.39, 0.29) is 5.41 Å². The molecule has 0 aliphatic heterocycles. The van der Waals surface area contributed by atoms with Crippen molar-refractivity contribution in [3.8, 4) is 11.1 Å². The van der Waals surface area contributed by atoms with Crippen molar-refractivity contribution in [2.45, 2.75) is 19.3 Å². The van der Waals surface area contributed by atoms with Gasteiger partial charge < -0.3 is 9.80 Å². The Morgan fingerprint density at radius 2 is 0.755 bits per heavy atom. The van der Waals surface area contributed by atoms with Crippen LogP contribution in [0.3, 0.4) is 0 Å². The van der Waals surface area contributed by atoms with E-state index in [2.05, 4.69) is 230 Å². The van der Waals surface area contributed by atoms with Crippen molar-refractivity contribution in [3.63, 3.8) is 0 Å². The average Bonchev–Trinajstić information content (AvgIpc) is 3.44. The predicted molar refractivity (Wildman–Crippen MR) is 226 cm³/mol. The smallest absolute Gasteiger partial charge is 0.0468 e. The maximum absolute atomic E-state index is 2.41. The highest BCUT2D eigenvalue weighted by Gasteiger charge is 2.36. The molecule has 0 saturated carbocycles. The summed E-state index contributed by atoms with van der Waals surface area (Å²) >= 11 is 0. The van der Waals surface area contributed by atoms with Gasteiger partial charge in [-0.3, -0.25) is 0 Å². The van der Waals surface area contributed by atoms with Gasteiger partial charge >= 0.3 is 0 Å². The fourth-order valence-corrected chi connectivity index (χ4v) is 7.85. The predicted octanol–water partition coefficient (Wildman–Crippen LogP) is 14.3. The Morgan fingerprint density at radius 3 is 1.38 bits per heavy atom. The Kier molecular flexibility index (Phi) is 8.21. The van der Waals surface area contributed by atoms with Crippen molar-refractivity contribution in [1.29, 1.82) is 0 Å². The van der Waals surface area contributed by atoms with Crippen molar-refractivity contribution in [2.24, 2.45) is 0 Å². The van der Waals surface area contributed by atoms with Crippen LogP contribution in [0.2, 0.25) is 0 Å². The first-order chi connectivity index (χ1) is 26.0. The first-order valence-electron chi connectivity index (χ1n) is 18.3. The van der Waals surface area contributed by atoms with Crippen LogP contribution < -0.4 is 9.80 Å². The Morgan fingerprint density at radius 1 is 0.340 bits per heavy atom. The molecule has 0 heterocycles. The summed E-state index contributed by atoms with van der Waals surface area (Å²) < 4.78 is 0. The van der Waals surface area contributed by atoms with E-state index in [1.54, 1.807) is 0 Å². The first kappa shape index (κ1) is 32.3. The summed E-state index contributed by atoms with van der Waals surface area (Å²) in [7, 11) is 0. The summed E-state index contributed by atoms with van der Waals surface area (Å²) in [4.78, 5) is 4.67. The first-order valence-corrected chi connectivity index (χ1v) is 18.3. The third-order valence-electron chi connectivity index (χ3n) is 10.6. The molecule has 0 bridgehead atoms. The number of nitrogens with zero attached hydrogens (tertiary/aromatic N) is 2. The van der Waals surface area contributed by atoms with Gasteiger partial charge in [0.1, 0.15) is 0 Å². The molecular formula is C51H40N2. The third-order valence-corrected chi connectivity index (χ3v) is 10.6. The van der Waals surface area contributed by atoms with Gasteiger partial charge in [-0.2, -0.15) is 0 Å². The summed E-state index contributed by atoms with van der Waals surface area (Å²) in [5.41, 5.74) is 14.4. The molecule has 0 N–H and O–H groups in total. The van der Waals surface area contributed by atoms with Gasteiger partial charge in [-0.05, 0) is 117 Å². The molecule has 8 aromatic carbocycles. The number of benzene rings is 8. The number of para-hydroxylation sites is 3. The molecule has 1 aliphatic carbocycles. The van der Waals surface area contributed by atoms with Crippen LogP contribution in [0.4, 0.5) is 34.1 Å². The normalized spacial score (nSPS) is 12.8. The van der Waals surface area contributed by atoms with E-state index in [9.17, 15) is 0 Å². The molecule has 0 amide bonds. The molecule has 0 atom stereocenters. The summed E-state index contributed by atoms with van der Waals surface area (Å²) in [5.74, 6) is 0. The average molecular weight is 681 g/mol. The molecule has 254 valence electrons. The lowest BCUT2D eigenvalue weighted by molar-refractivity contribution is 0.660. The van der Waals surface area contributed by atoms with E-state index in [1.165, 1.54) is 38.6 Å². The second-order valence-corrected chi connectivity index (χ2v) is 14.3.